The molecule has 2 aromatic rings. The van der Waals surface area contributed by atoms with E-state index in [9.17, 15) is 9.90 Å². The van der Waals surface area contributed by atoms with E-state index in [2.05, 4.69) is 5.32 Å². The number of nitrogens with zero attached hydrogens (tertiary/aromatic N) is 1. The van der Waals surface area contributed by atoms with E-state index in [0.29, 0.717) is 5.69 Å². The van der Waals surface area contributed by atoms with Crippen LogP contribution in [0.15, 0.2) is 42.5 Å². The van der Waals surface area contributed by atoms with E-state index in [4.69, 9.17) is 0 Å². The first-order valence-corrected chi connectivity index (χ1v) is 6.38. The van der Waals surface area contributed by atoms with Gasteiger partial charge in [0.2, 0.25) is 0 Å². The predicted molar refractivity (Wildman–Crippen MR) is 81.4 cm³/mol. The summed E-state index contributed by atoms with van der Waals surface area (Å²) in [7, 11) is 1.68. The van der Waals surface area contributed by atoms with Gasteiger partial charge in [0.05, 0.1) is 0 Å². The van der Waals surface area contributed by atoms with Crippen LogP contribution in [0.4, 0.5) is 16.2 Å². The summed E-state index contributed by atoms with van der Waals surface area (Å²) in [6.45, 7) is 4.04. The van der Waals surface area contributed by atoms with E-state index in [-0.39, 0.29) is 11.8 Å². The van der Waals surface area contributed by atoms with Gasteiger partial charge < -0.3 is 10.4 Å². The Labute approximate surface area is 118 Å². The van der Waals surface area contributed by atoms with Gasteiger partial charge in [-0.05, 0) is 61.4 Å². The highest BCUT2D eigenvalue weighted by Crippen LogP contribution is 2.19. The monoisotopic (exact) mass is 270 g/mol. The van der Waals surface area contributed by atoms with E-state index in [1.165, 1.54) is 10.5 Å². The van der Waals surface area contributed by atoms with Gasteiger partial charge in [0.25, 0.3) is 0 Å². The molecule has 2 aromatic carbocycles. The normalized spacial score (nSPS) is 10.2. The van der Waals surface area contributed by atoms with Gasteiger partial charge in [-0.3, -0.25) is 4.90 Å². The highest BCUT2D eigenvalue weighted by atomic mass is 16.3. The molecule has 0 saturated heterocycles. The van der Waals surface area contributed by atoms with Crippen molar-refractivity contribution in [3.63, 3.8) is 0 Å². The van der Waals surface area contributed by atoms with E-state index in [0.717, 1.165) is 11.3 Å². The number of benzene rings is 2. The highest BCUT2D eigenvalue weighted by molar-refractivity contribution is 6.01. The maximum atomic E-state index is 12.1. The number of hydrogen-bond donors (Lipinski definition) is 2. The quantitative estimate of drug-likeness (QED) is 0.874. The molecule has 2 rings (SSSR count). The van der Waals surface area contributed by atoms with Crippen molar-refractivity contribution in [2.45, 2.75) is 13.8 Å². The third-order valence-corrected chi connectivity index (χ3v) is 3.30. The van der Waals surface area contributed by atoms with Gasteiger partial charge in [-0.2, -0.15) is 0 Å². The van der Waals surface area contributed by atoms with Crippen LogP contribution in [0, 0.1) is 13.8 Å². The molecule has 104 valence electrons. The molecule has 0 spiro atoms. The van der Waals surface area contributed by atoms with Crippen molar-refractivity contribution in [1.82, 2.24) is 0 Å². The summed E-state index contributed by atoms with van der Waals surface area (Å²) in [5, 5.41) is 12.1. The summed E-state index contributed by atoms with van der Waals surface area (Å²) in [5.41, 5.74) is 3.80. The number of anilines is 2. The van der Waals surface area contributed by atoms with Crippen LogP contribution >= 0.6 is 0 Å². The molecule has 4 heteroatoms. The molecule has 0 radical (unpaired) electrons. The lowest BCUT2D eigenvalue weighted by Gasteiger charge is -2.18. The van der Waals surface area contributed by atoms with Gasteiger partial charge in [0.1, 0.15) is 5.75 Å². The summed E-state index contributed by atoms with van der Waals surface area (Å²) in [5.74, 6) is 0.178. The fourth-order valence-corrected chi connectivity index (χ4v) is 1.82. The number of phenolic OH excluding ortho intramolecular Hbond substituents is 1. The number of carbonyl (C=O) groups is 1. The van der Waals surface area contributed by atoms with Crippen molar-refractivity contribution in [2.75, 3.05) is 17.3 Å². The molecule has 2 amide bonds. The molecule has 4 nitrogen and oxygen atoms in total. The van der Waals surface area contributed by atoms with Gasteiger partial charge in [0, 0.05) is 18.4 Å². The van der Waals surface area contributed by atoms with Crippen LogP contribution in [0.1, 0.15) is 11.1 Å². The number of carbonyl (C=O) groups excluding carboxylic acids is 1. The molecular weight excluding hydrogens is 252 g/mol. The van der Waals surface area contributed by atoms with Gasteiger partial charge in [-0.1, -0.05) is 6.07 Å². The first-order valence-electron chi connectivity index (χ1n) is 6.38. The van der Waals surface area contributed by atoms with Gasteiger partial charge in [-0.25, -0.2) is 4.79 Å². The molecule has 0 aliphatic heterocycles. The number of phenols is 1. The number of amides is 2. The maximum absolute atomic E-state index is 12.1. The van der Waals surface area contributed by atoms with Crippen LogP contribution < -0.4 is 10.2 Å². The zero-order valence-corrected chi connectivity index (χ0v) is 11.8. The van der Waals surface area contributed by atoms with E-state index >= 15 is 0 Å². The van der Waals surface area contributed by atoms with Crippen molar-refractivity contribution in [3.8, 4) is 5.75 Å². The topological polar surface area (TPSA) is 52.6 Å². The standard InChI is InChI=1S/C16H18N2O2/c1-11-4-5-13(10-12(11)2)17-16(20)18(3)14-6-8-15(19)9-7-14/h4-10,19H,1-3H3,(H,17,20). The molecule has 0 saturated carbocycles. The molecule has 0 unspecified atom stereocenters. The van der Waals surface area contributed by atoms with Crippen molar-refractivity contribution in [3.05, 3.63) is 53.6 Å². The van der Waals surface area contributed by atoms with Crippen LogP contribution in [0.2, 0.25) is 0 Å². The lowest BCUT2D eigenvalue weighted by Crippen LogP contribution is -2.31. The molecule has 0 atom stereocenters. The van der Waals surface area contributed by atoms with Crippen molar-refractivity contribution in [2.24, 2.45) is 0 Å². The Hall–Kier alpha value is -2.49. The van der Waals surface area contributed by atoms with Crippen LogP contribution in [0.25, 0.3) is 0 Å². The Morgan fingerprint density at radius 3 is 2.30 bits per heavy atom. The second kappa shape index (κ2) is 5.65. The van der Waals surface area contributed by atoms with Crippen molar-refractivity contribution < 1.29 is 9.90 Å². The lowest BCUT2D eigenvalue weighted by atomic mass is 10.1. The number of aryl methyl sites for hydroxylation is 2. The minimum absolute atomic E-state index is 0.178. The largest absolute Gasteiger partial charge is 0.508 e. The van der Waals surface area contributed by atoms with E-state index < -0.39 is 0 Å². The molecule has 0 fully saturated rings. The van der Waals surface area contributed by atoms with Crippen LogP contribution in [-0.4, -0.2) is 18.2 Å². The Morgan fingerprint density at radius 1 is 1.05 bits per heavy atom. The molecule has 20 heavy (non-hydrogen) atoms. The van der Waals surface area contributed by atoms with Crippen molar-refractivity contribution >= 4 is 17.4 Å². The summed E-state index contributed by atoms with van der Waals surface area (Å²) >= 11 is 0. The Kier molecular flexibility index (Phi) is 3.94. The van der Waals surface area contributed by atoms with Crippen LogP contribution in [-0.2, 0) is 0 Å². The van der Waals surface area contributed by atoms with E-state index in [1.54, 1.807) is 31.3 Å². The number of rotatable bonds is 2. The minimum Gasteiger partial charge on any atom is -0.508 e. The average molecular weight is 270 g/mol. The van der Waals surface area contributed by atoms with Gasteiger partial charge in [0.15, 0.2) is 0 Å². The number of urea groups is 1. The van der Waals surface area contributed by atoms with Crippen molar-refractivity contribution in [1.29, 1.82) is 0 Å². The molecule has 0 aliphatic carbocycles. The maximum Gasteiger partial charge on any atom is 0.326 e. The average Bonchev–Trinajstić information content (AvgIpc) is 2.43. The Bertz CT molecular complexity index is 621. The SMILES string of the molecule is Cc1ccc(NC(=O)N(C)c2ccc(O)cc2)cc1C. The molecule has 0 aromatic heterocycles. The number of hydrogen-bond acceptors (Lipinski definition) is 2. The van der Waals surface area contributed by atoms with Gasteiger partial charge in [-0.15, -0.1) is 0 Å². The zero-order valence-electron chi connectivity index (χ0n) is 11.8. The second-order valence-corrected chi connectivity index (χ2v) is 4.80. The second-order valence-electron chi connectivity index (χ2n) is 4.80. The molecule has 0 heterocycles. The first-order chi connectivity index (χ1) is 9.47. The zero-order chi connectivity index (χ0) is 14.7. The lowest BCUT2D eigenvalue weighted by molar-refractivity contribution is 0.258. The molecule has 0 bridgehead atoms. The summed E-state index contributed by atoms with van der Waals surface area (Å²) in [6, 6.07) is 12.1. The Morgan fingerprint density at radius 2 is 1.70 bits per heavy atom. The number of nitrogens with one attached hydrogen (secondary N) is 1. The first kappa shape index (κ1) is 13.9. The van der Waals surface area contributed by atoms with Crippen LogP contribution in [0.5, 0.6) is 5.75 Å². The molecule has 2 N–H and O–H groups in total. The predicted octanol–water partition coefficient (Wildman–Crippen LogP) is 3.68. The fraction of sp³-hybridized carbons (Fsp3) is 0.188. The smallest absolute Gasteiger partial charge is 0.326 e. The van der Waals surface area contributed by atoms with Gasteiger partial charge >= 0.3 is 6.03 Å². The third kappa shape index (κ3) is 3.09. The van der Waals surface area contributed by atoms with E-state index in [1.807, 2.05) is 32.0 Å². The fourth-order valence-electron chi connectivity index (χ4n) is 1.82. The third-order valence-electron chi connectivity index (χ3n) is 3.30. The van der Waals surface area contributed by atoms with Crippen LogP contribution in [0.3, 0.4) is 0 Å². The highest BCUT2D eigenvalue weighted by Gasteiger charge is 2.11. The Balaban J connectivity index is 2.11. The summed E-state index contributed by atoms with van der Waals surface area (Å²) < 4.78 is 0. The number of aromatic hydroxyl groups is 1. The summed E-state index contributed by atoms with van der Waals surface area (Å²) in [4.78, 5) is 13.6. The summed E-state index contributed by atoms with van der Waals surface area (Å²) in [6.07, 6.45) is 0. The molecule has 0 aliphatic rings. The molecular formula is C16H18N2O2. The minimum atomic E-state index is -0.223.